The number of benzene rings is 2. The number of amides is 2. The van der Waals surface area contributed by atoms with Crippen molar-refractivity contribution in [2.75, 3.05) is 6.54 Å². The standard InChI is InChI=1S/C23H27NO4/c1-3-5-6-7-8-12-20(25)28-19-14-13-18-21-16(19)10-9-11-17(21)22(26)24(15-4-2)23(18)27/h9-11,13-14H,3-8,12,15H2,1-2H3. The molecule has 1 aliphatic rings. The lowest BCUT2D eigenvalue weighted by Gasteiger charge is -2.27. The molecule has 2 aromatic rings. The van der Waals surface area contributed by atoms with Gasteiger partial charge in [0.15, 0.2) is 0 Å². The summed E-state index contributed by atoms with van der Waals surface area (Å²) in [7, 11) is 0. The molecule has 0 saturated heterocycles. The van der Waals surface area contributed by atoms with Crippen LogP contribution in [0.5, 0.6) is 5.75 Å². The average molecular weight is 381 g/mol. The van der Waals surface area contributed by atoms with Crippen LogP contribution >= 0.6 is 0 Å². The van der Waals surface area contributed by atoms with Crippen molar-refractivity contribution in [3.8, 4) is 5.75 Å². The Morgan fingerprint density at radius 2 is 1.61 bits per heavy atom. The SMILES string of the molecule is CCCCCCCC(=O)Oc1ccc2c3c(cccc13)C(=O)N(CCC)C2=O. The Labute approximate surface area is 165 Å². The zero-order chi connectivity index (χ0) is 20.1. The molecule has 5 heteroatoms. The van der Waals surface area contributed by atoms with E-state index in [0.29, 0.717) is 47.0 Å². The molecule has 1 heterocycles. The first-order valence-corrected chi connectivity index (χ1v) is 10.2. The predicted octanol–water partition coefficient (Wildman–Crippen LogP) is 5.11. The van der Waals surface area contributed by atoms with Gasteiger partial charge < -0.3 is 4.74 Å². The maximum atomic E-state index is 12.8. The first-order valence-electron chi connectivity index (χ1n) is 10.2. The summed E-state index contributed by atoms with van der Waals surface area (Å²) >= 11 is 0. The molecule has 148 valence electrons. The van der Waals surface area contributed by atoms with Gasteiger partial charge in [0.2, 0.25) is 0 Å². The third kappa shape index (κ3) is 3.93. The van der Waals surface area contributed by atoms with E-state index in [9.17, 15) is 14.4 Å². The summed E-state index contributed by atoms with van der Waals surface area (Å²) in [5.41, 5.74) is 0.969. The van der Waals surface area contributed by atoms with E-state index in [-0.39, 0.29) is 17.8 Å². The molecule has 0 aromatic heterocycles. The Bertz CT molecular complexity index is 881. The highest BCUT2D eigenvalue weighted by Crippen LogP contribution is 2.35. The van der Waals surface area contributed by atoms with Gasteiger partial charge in [0.25, 0.3) is 11.8 Å². The van der Waals surface area contributed by atoms with Crippen LogP contribution in [-0.4, -0.2) is 29.2 Å². The molecule has 3 rings (SSSR count). The van der Waals surface area contributed by atoms with Gasteiger partial charge in [0, 0.05) is 34.9 Å². The van der Waals surface area contributed by atoms with Crippen molar-refractivity contribution < 1.29 is 19.1 Å². The van der Waals surface area contributed by atoms with Crippen LogP contribution in [0.2, 0.25) is 0 Å². The Morgan fingerprint density at radius 1 is 0.893 bits per heavy atom. The van der Waals surface area contributed by atoms with Crippen molar-refractivity contribution in [2.24, 2.45) is 0 Å². The van der Waals surface area contributed by atoms with Crippen LogP contribution in [0.3, 0.4) is 0 Å². The number of hydrogen-bond donors (Lipinski definition) is 0. The molecule has 0 fully saturated rings. The second-order valence-electron chi connectivity index (χ2n) is 7.24. The summed E-state index contributed by atoms with van der Waals surface area (Å²) in [6.45, 7) is 4.48. The molecule has 2 aromatic carbocycles. The van der Waals surface area contributed by atoms with Gasteiger partial charge >= 0.3 is 5.97 Å². The van der Waals surface area contributed by atoms with Crippen molar-refractivity contribution in [3.63, 3.8) is 0 Å². The van der Waals surface area contributed by atoms with Gasteiger partial charge in [-0.25, -0.2) is 0 Å². The molecule has 0 bridgehead atoms. The van der Waals surface area contributed by atoms with E-state index < -0.39 is 0 Å². The lowest BCUT2D eigenvalue weighted by molar-refractivity contribution is -0.134. The van der Waals surface area contributed by atoms with Gasteiger partial charge in [-0.3, -0.25) is 19.3 Å². The minimum absolute atomic E-state index is 0.279. The van der Waals surface area contributed by atoms with E-state index in [2.05, 4.69) is 6.92 Å². The number of nitrogens with zero attached hydrogens (tertiary/aromatic N) is 1. The molecule has 0 unspecified atom stereocenters. The second kappa shape index (κ2) is 9.00. The maximum absolute atomic E-state index is 12.8. The molecule has 5 nitrogen and oxygen atoms in total. The summed E-state index contributed by atoms with van der Waals surface area (Å²) in [4.78, 5) is 39.1. The number of imide groups is 1. The molecule has 0 saturated carbocycles. The minimum Gasteiger partial charge on any atom is -0.426 e. The first kappa shape index (κ1) is 20.1. The monoisotopic (exact) mass is 381 g/mol. The van der Waals surface area contributed by atoms with Gasteiger partial charge in [-0.05, 0) is 31.0 Å². The first-order chi connectivity index (χ1) is 13.6. The number of unbranched alkanes of at least 4 members (excludes halogenated alkanes) is 4. The van der Waals surface area contributed by atoms with Crippen LogP contribution in [0.15, 0.2) is 30.3 Å². The normalized spacial score (nSPS) is 13.3. The smallest absolute Gasteiger partial charge is 0.311 e. The van der Waals surface area contributed by atoms with E-state index in [4.69, 9.17) is 4.74 Å². The Balaban J connectivity index is 1.84. The van der Waals surface area contributed by atoms with E-state index in [0.717, 1.165) is 25.7 Å². The highest BCUT2D eigenvalue weighted by Gasteiger charge is 2.33. The minimum atomic E-state index is -0.288. The molecule has 2 amide bonds. The Kier molecular flexibility index (Phi) is 6.45. The van der Waals surface area contributed by atoms with Crippen LogP contribution in [0.1, 0.15) is 79.5 Å². The number of hydrogen-bond acceptors (Lipinski definition) is 4. The molecular weight excluding hydrogens is 354 g/mol. The fraction of sp³-hybridized carbons (Fsp3) is 0.435. The topological polar surface area (TPSA) is 63.7 Å². The van der Waals surface area contributed by atoms with Crippen LogP contribution in [0.4, 0.5) is 0 Å². The van der Waals surface area contributed by atoms with E-state index >= 15 is 0 Å². The zero-order valence-corrected chi connectivity index (χ0v) is 16.6. The van der Waals surface area contributed by atoms with Crippen molar-refractivity contribution in [3.05, 3.63) is 41.5 Å². The lowest BCUT2D eigenvalue weighted by atomic mass is 9.93. The average Bonchev–Trinajstić information content (AvgIpc) is 2.70. The van der Waals surface area contributed by atoms with Crippen molar-refractivity contribution in [2.45, 2.75) is 58.8 Å². The van der Waals surface area contributed by atoms with E-state index in [1.54, 1.807) is 30.3 Å². The summed E-state index contributed by atoms with van der Waals surface area (Å²) < 4.78 is 5.58. The van der Waals surface area contributed by atoms with Gasteiger partial charge in [-0.2, -0.15) is 0 Å². The fourth-order valence-corrected chi connectivity index (χ4v) is 3.68. The fourth-order valence-electron chi connectivity index (χ4n) is 3.68. The quantitative estimate of drug-likeness (QED) is 0.262. The van der Waals surface area contributed by atoms with Gasteiger partial charge in [-0.15, -0.1) is 0 Å². The lowest BCUT2D eigenvalue weighted by Crippen LogP contribution is -2.40. The van der Waals surface area contributed by atoms with Crippen molar-refractivity contribution in [1.29, 1.82) is 0 Å². The zero-order valence-electron chi connectivity index (χ0n) is 16.6. The van der Waals surface area contributed by atoms with Crippen LogP contribution in [0, 0.1) is 0 Å². The van der Waals surface area contributed by atoms with Crippen molar-refractivity contribution >= 4 is 28.6 Å². The number of ether oxygens (including phenoxy) is 1. The Hall–Kier alpha value is -2.69. The van der Waals surface area contributed by atoms with Crippen molar-refractivity contribution in [1.82, 2.24) is 4.90 Å². The largest absolute Gasteiger partial charge is 0.426 e. The molecule has 0 aliphatic carbocycles. The van der Waals surface area contributed by atoms with Crippen LogP contribution in [-0.2, 0) is 4.79 Å². The molecule has 1 aliphatic heterocycles. The predicted molar refractivity (Wildman–Crippen MR) is 109 cm³/mol. The van der Waals surface area contributed by atoms with Crippen LogP contribution < -0.4 is 4.74 Å². The molecule has 0 radical (unpaired) electrons. The summed E-state index contributed by atoms with van der Waals surface area (Å²) in [5, 5.41) is 1.21. The highest BCUT2D eigenvalue weighted by molar-refractivity contribution is 6.26. The summed E-state index contributed by atoms with van der Waals surface area (Å²) in [6.07, 6.45) is 6.38. The molecule has 0 atom stereocenters. The van der Waals surface area contributed by atoms with Gasteiger partial charge in [-0.1, -0.05) is 51.7 Å². The maximum Gasteiger partial charge on any atom is 0.311 e. The Morgan fingerprint density at radius 3 is 2.32 bits per heavy atom. The molecular formula is C23H27NO4. The second-order valence-corrected chi connectivity index (χ2v) is 7.24. The van der Waals surface area contributed by atoms with Crippen LogP contribution in [0.25, 0.3) is 10.8 Å². The third-order valence-corrected chi connectivity index (χ3v) is 5.11. The summed E-state index contributed by atoms with van der Waals surface area (Å²) in [5.74, 6) is -0.448. The number of carbonyl (C=O) groups is 3. The van der Waals surface area contributed by atoms with Gasteiger partial charge in [0.1, 0.15) is 5.75 Å². The molecule has 28 heavy (non-hydrogen) atoms. The van der Waals surface area contributed by atoms with E-state index in [1.165, 1.54) is 11.3 Å². The molecule has 0 spiro atoms. The number of carbonyl (C=O) groups excluding carboxylic acids is 3. The number of rotatable bonds is 9. The third-order valence-electron chi connectivity index (χ3n) is 5.11. The van der Waals surface area contributed by atoms with Gasteiger partial charge in [0.05, 0.1) is 0 Å². The number of esters is 1. The highest BCUT2D eigenvalue weighted by atomic mass is 16.5. The summed E-state index contributed by atoms with van der Waals surface area (Å²) in [6, 6.07) is 8.60. The van der Waals surface area contributed by atoms with E-state index in [1.807, 2.05) is 6.92 Å². The molecule has 0 N–H and O–H groups in total.